The first-order valence-electron chi connectivity index (χ1n) is 8.64. The highest BCUT2D eigenvalue weighted by molar-refractivity contribution is 6.05. The van der Waals surface area contributed by atoms with E-state index in [1.165, 1.54) is 12.3 Å². The molecule has 1 aromatic heterocycles. The molecule has 2 aromatic rings. The van der Waals surface area contributed by atoms with Gasteiger partial charge in [-0.15, -0.1) is 0 Å². The third-order valence-corrected chi connectivity index (χ3v) is 4.04. The van der Waals surface area contributed by atoms with Crippen LogP contribution in [0.15, 0.2) is 36.5 Å². The van der Waals surface area contributed by atoms with E-state index in [-0.39, 0.29) is 17.5 Å². The van der Waals surface area contributed by atoms with Crippen LogP contribution in [0.1, 0.15) is 58.2 Å². The van der Waals surface area contributed by atoms with Gasteiger partial charge in [0.2, 0.25) is 0 Å². The molecular weight excluding hydrogens is 314 g/mol. The maximum Gasteiger partial charge on any atom is 0.274 e. The minimum absolute atomic E-state index is 0.181. The van der Waals surface area contributed by atoms with Crippen LogP contribution in [0.3, 0.4) is 0 Å². The Morgan fingerprint density at radius 1 is 1.04 bits per heavy atom. The van der Waals surface area contributed by atoms with E-state index in [0.717, 1.165) is 36.1 Å². The quantitative estimate of drug-likeness (QED) is 0.752. The zero-order valence-corrected chi connectivity index (χ0v) is 15.1. The molecule has 0 fully saturated rings. The number of aromatic nitrogens is 1. The molecule has 25 heavy (non-hydrogen) atoms. The number of nitrogens with one attached hydrogen (secondary N) is 2. The molecule has 132 valence electrons. The summed E-state index contributed by atoms with van der Waals surface area (Å²) in [6.07, 6.45) is 4.63. The fourth-order valence-electron chi connectivity index (χ4n) is 2.56. The number of aryl methyl sites for hydroxylation is 2. The molecule has 2 N–H and O–H groups in total. The molecule has 0 saturated carbocycles. The number of benzene rings is 1. The van der Waals surface area contributed by atoms with Crippen molar-refractivity contribution in [1.29, 1.82) is 0 Å². The summed E-state index contributed by atoms with van der Waals surface area (Å²) < 4.78 is 0. The van der Waals surface area contributed by atoms with Crippen LogP contribution >= 0.6 is 0 Å². The number of unbranched alkanes of at least 4 members (excludes halogenated alkanes) is 2. The Kier molecular flexibility index (Phi) is 6.69. The largest absolute Gasteiger partial charge is 0.352 e. The van der Waals surface area contributed by atoms with Crippen LogP contribution in [0.25, 0.3) is 0 Å². The van der Waals surface area contributed by atoms with E-state index in [9.17, 15) is 9.59 Å². The number of carbonyl (C=O) groups excluding carboxylic acids is 2. The molecular formula is C20H25N3O2. The van der Waals surface area contributed by atoms with Crippen LogP contribution in [-0.2, 0) is 0 Å². The summed E-state index contributed by atoms with van der Waals surface area (Å²) in [4.78, 5) is 28.8. The number of hydrogen-bond donors (Lipinski definition) is 2. The zero-order valence-electron chi connectivity index (χ0n) is 15.1. The van der Waals surface area contributed by atoms with Gasteiger partial charge < -0.3 is 10.6 Å². The number of anilines is 1. The van der Waals surface area contributed by atoms with Crippen LogP contribution in [-0.4, -0.2) is 23.3 Å². The van der Waals surface area contributed by atoms with Crippen molar-refractivity contribution >= 4 is 17.5 Å². The van der Waals surface area contributed by atoms with Gasteiger partial charge in [0, 0.05) is 24.0 Å². The molecule has 0 unspecified atom stereocenters. The molecule has 0 atom stereocenters. The van der Waals surface area contributed by atoms with Crippen molar-refractivity contribution in [2.24, 2.45) is 0 Å². The highest BCUT2D eigenvalue weighted by atomic mass is 16.2. The Morgan fingerprint density at radius 2 is 1.76 bits per heavy atom. The summed E-state index contributed by atoms with van der Waals surface area (Å²) in [6, 6.07) is 8.97. The van der Waals surface area contributed by atoms with Gasteiger partial charge in [-0.3, -0.25) is 14.6 Å². The maximum atomic E-state index is 12.5. The number of rotatable bonds is 7. The average Bonchev–Trinajstić information content (AvgIpc) is 2.61. The van der Waals surface area contributed by atoms with Crippen molar-refractivity contribution in [3.63, 3.8) is 0 Å². The highest BCUT2D eigenvalue weighted by Gasteiger charge is 2.13. The molecule has 1 aromatic carbocycles. The summed E-state index contributed by atoms with van der Waals surface area (Å²) in [5.74, 6) is -0.502. The summed E-state index contributed by atoms with van der Waals surface area (Å²) in [7, 11) is 0. The first-order valence-corrected chi connectivity index (χ1v) is 8.64. The number of pyridine rings is 1. The lowest BCUT2D eigenvalue weighted by atomic mass is 10.1. The van der Waals surface area contributed by atoms with Crippen LogP contribution in [0.2, 0.25) is 0 Å². The van der Waals surface area contributed by atoms with Crippen molar-refractivity contribution < 1.29 is 9.59 Å². The molecule has 1 heterocycles. The standard InChI is InChI=1S/C20H25N3O2/c1-4-5-6-11-22-19(24)16-10-12-21-17(13-16)20(25)23-18-14(2)8-7-9-15(18)3/h7-10,12-13H,4-6,11H2,1-3H3,(H,22,24)(H,23,25). The second-order valence-electron chi connectivity index (χ2n) is 6.11. The Morgan fingerprint density at radius 3 is 2.44 bits per heavy atom. The van der Waals surface area contributed by atoms with E-state index in [2.05, 4.69) is 22.5 Å². The monoisotopic (exact) mass is 339 g/mol. The van der Waals surface area contributed by atoms with Gasteiger partial charge in [0.05, 0.1) is 0 Å². The van der Waals surface area contributed by atoms with Gasteiger partial charge >= 0.3 is 0 Å². The third-order valence-electron chi connectivity index (χ3n) is 4.04. The van der Waals surface area contributed by atoms with E-state index in [1.807, 2.05) is 32.0 Å². The molecule has 0 aliphatic heterocycles. The van der Waals surface area contributed by atoms with Crippen LogP contribution < -0.4 is 10.6 Å². The molecule has 0 spiro atoms. The average molecular weight is 339 g/mol. The number of hydrogen-bond acceptors (Lipinski definition) is 3. The molecule has 2 amide bonds. The first-order chi connectivity index (χ1) is 12.0. The van der Waals surface area contributed by atoms with Gasteiger partial charge in [0.25, 0.3) is 11.8 Å². The highest BCUT2D eigenvalue weighted by Crippen LogP contribution is 2.20. The van der Waals surface area contributed by atoms with Gasteiger partial charge in [-0.2, -0.15) is 0 Å². The summed E-state index contributed by atoms with van der Waals surface area (Å²) >= 11 is 0. The molecule has 0 aliphatic carbocycles. The SMILES string of the molecule is CCCCCNC(=O)c1ccnc(C(=O)Nc2c(C)cccc2C)c1. The van der Waals surface area contributed by atoms with Gasteiger partial charge in [-0.25, -0.2) is 0 Å². The Bertz CT molecular complexity index is 736. The molecule has 0 bridgehead atoms. The molecule has 5 nitrogen and oxygen atoms in total. The predicted octanol–water partition coefficient (Wildman–Crippen LogP) is 3.87. The molecule has 2 rings (SSSR count). The minimum atomic E-state index is -0.321. The minimum Gasteiger partial charge on any atom is -0.352 e. The molecule has 0 radical (unpaired) electrons. The van der Waals surface area contributed by atoms with E-state index in [1.54, 1.807) is 6.07 Å². The van der Waals surface area contributed by atoms with Crippen molar-refractivity contribution in [2.45, 2.75) is 40.0 Å². The lowest BCUT2D eigenvalue weighted by Crippen LogP contribution is -2.25. The molecule has 0 aliphatic rings. The van der Waals surface area contributed by atoms with E-state index < -0.39 is 0 Å². The number of nitrogens with zero attached hydrogens (tertiary/aromatic N) is 1. The predicted molar refractivity (Wildman–Crippen MR) is 100.0 cm³/mol. The van der Waals surface area contributed by atoms with Gasteiger partial charge in [-0.05, 0) is 43.5 Å². The second-order valence-corrected chi connectivity index (χ2v) is 6.11. The Balaban J connectivity index is 2.07. The van der Waals surface area contributed by atoms with Crippen molar-refractivity contribution in [1.82, 2.24) is 10.3 Å². The Labute approximate surface area is 148 Å². The smallest absolute Gasteiger partial charge is 0.274 e. The maximum absolute atomic E-state index is 12.5. The lowest BCUT2D eigenvalue weighted by Gasteiger charge is -2.11. The van der Waals surface area contributed by atoms with Crippen LogP contribution in [0, 0.1) is 13.8 Å². The summed E-state index contributed by atoms with van der Waals surface area (Å²) in [5.41, 5.74) is 3.42. The molecule has 0 saturated heterocycles. The number of carbonyl (C=O) groups is 2. The van der Waals surface area contributed by atoms with Gasteiger partial charge in [0.1, 0.15) is 5.69 Å². The Hall–Kier alpha value is -2.69. The zero-order chi connectivity index (χ0) is 18.2. The van der Waals surface area contributed by atoms with Crippen molar-refractivity contribution in [3.8, 4) is 0 Å². The van der Waals surface area contributed by atoms with Crippen LogP contribution in [0.5, 0.6) is 0 Å². The normalized spacial score (nSPS) is 10.4. The second kappa shape index (κ2) is 8.97. The topological polar surface area (TPSA) is 71.1 Å². The molecule has 5 heteroatoms. The fraction of sp³-hybridized carbons (Fsp3) is 0.350. The third kappa shape index (κ3) is 5.14. The van der Waals surface area contributed by atoms with Gasteiger partial charge in [-0.1, -0.05) is 38.0 Å². The first kappa shape index (κ1) is 18.6. The fourth-order valence-corrected chi connectivity index (χ4v) is 2.56. The number of amides is 2. The number of para-hydroxylation sites is 1. The van der Waals surface area contributed by atoms with E-state index in [4.69, 9.17) is 0 Å². The summed E-state index contributed by atoms with van der Waals surface area (Å²) in [5, 5.41) is 5.76. The van der Waals surface area contributed by atoms with E-state index >= 15 is 0 Å². The van der Waals surface area contributed by atoms with Crippen molar-refractivity contribution in [2.75, 3.05) is 11.9 Å². The van der Waals surface area contributed by atoms with E-state index in [0.29, 0.717) is 12.1 Å². The van der Waals surface area contributed by atoms with Crippen LogP contribution in [0.4, 0.5) is 5.69 Å². The summed E-state index contributed by atoms with van der Waals surface area (Å²) in [6.45, 7) is 6.64. The van der Waals surface area contributed by atoms with Gasteiger partial charge in [0.15, 0.2) is 0 Å². The van der Waals surface area contributed by atoms with Crippen molar-refractivity contribution in [3.05, 3.63) is 58.9 Å². The lowest BCUT2D eigenvalue weighted by molar-refractivity contribution is 0.0953.